The quantitative estimate of drug-likeness (QED) is 0.177. The topological polar surface area (TPSA) is 124 Å². The first kappa shape index (κ1) is 23.0. The lowest BCUT2D eigenvalue weighted by Crippen LogP contribution is -2.44. The van der Waals surface area contributed by atoms with Crippen molar-refractivity contribution in [3.63, 3.8) is 0 Å². The lowest BCUT2D eigenvalue weighted by atomic mass is 10.2. The second kappa shape index (κ2) is 9.65. The van der Waals surface area contributed by atoms with Crippen molar-refractivity contribution in [2.75, 3.05) is 26.8 Å². The van der Waals surface area contributed by atoms with Gasteiger partial charge in [-0.1, -0.05) is 11.3 Å². The van der Waals surface area contributed by atoms with Crippen LogP contribution in [0, 0.1) is 0 Å². The van der Waals surface area contributed by atoms with Gasteiger partial charge >= 0.3 is 6.36 Å². The van der Waals surface area contributed by atoms with Gasteiger partial charge in [-0.05, 0) is 12.1 Å². The van der Waals surface area contributed by atoms with E-state index < -0.39 is 6.36 Å². The Labute approximate surface area is 184 Å². The smallest absolute Gasteiger partial charge is 0.493 e. The Morgan fingerprint density at radius 3 is 2.31 bits per heavy atom. The SMILES string of the molecule is COc1cc(N=C(NN)NNc2nc3ccc(OC(F)(F)F)cc3s2)cc(OC)c1OC. The summed E-state index contributed by atoms with van der Waals surface area (Å²) >= 11 is 1.10. The first-order valence-corrected chi connectivity index (χ1v) is 9.61. The summed E-state index contributed by atoms with van der Waals surface area (Å²) in [5.74, 6) is 6.51. The van der Waals surface area contributed by atoms with E-state index in [0.717, 1.165) is 11.3 Å². The Morgan fingerprint density at radius 1 is 1.06 bits per heavy atom. The molecule has 0 spiro atoms. The molecule has 0 fully saturated rings. The molecule has 0 bridgehead atoms. The number of guanidine groups is 1. The minimum atomic E-state index is -4.77. The molecule has 172 valence electrons. The van der Waals surface area contributed by atoms with Crippen LogP contribution in [0.1, 0.15) is 0 Å². The number of anilines is 1. The summed E-state index contributed by atoms with van der Waals surface area (Å²) in [5, 5.41) is 0.358. The van der Waals surface area contributed by atoms with E-state index in [9.17, 15) is 13.2 Å². The standard InChI is InChI=1S/C18H19F3N6O4S/c1-28-12-6-9(7-13(29-2)15(12)30-3)23-16(25-22)26-27-17-24-11-5-4-10(8-14(11)32-17)31-18(19,20)21/h4-8H,22H2,1-3H3,(H,24,27)(H2,23,25,26). The Kier molecular flexibility index (Phi) is 6.95. The van der Waals surface area contributed by atoms with Gasteiger partial charge in [0.05, 0.1) is 37.2 Å². The highest BCUT2D eigenvalue weighted by Crippen LogP contribution is 2.40. The number of halogens is 3. The lowest BCUT2D eigenvalue weighted by Gasteiger charge is -2.13. The molecule has 10 nitrogen and oxygen atoms in total. The Balaban J connectivity index is 1.77. The number of rotatable bonds is 7. The number of nitrogens with one attached hydrogen (secondary N) is 3. The van der Waals surface area contributed by atoms with Gasteiger partial charge < -0.3 is 18.9 Å². The van der Waals surface area contributed by atoms with Gasteiger partial charge in [-0.15, -0.1) is 13.2 Å². The number of hydrogen-bond donors (Lipinski definition) is 4. The van der Waals surface area contributed by atoms with Crippen molar-refractivity contribution < 1.29 is 32.1 Å². The van der Waals surface area contributed by atoms with Crippen molar-refractivity contribution >= 4 is 38.3 Å². The van der Waals surface area contributed by atoms with Crippen LogP contribution in [0.25, 0.3) is 10.2 Å². The molecule has 0 unspecified atom stereocenters. The van der Waals surface area contributed by atoms with Gasteiger partial charge in [0, 0.05) is 18.2 Å². The number of aromatic nitrogens is 1. The molecule has 0 aliphatic carbocycles. The number of hydrazine groups is 2. The molecular formula is C18H19F3N6O4S. The van der Waals surface area contributed by atoms with Gasteiger partial charge in [0.25, 0.3) is 0 Å². The third-order valence-corrected chi connectivity index (χ3v) is 4.84. The fourth-order valence-corrected chi connectivity index (χ4v) is 3.47. The van der Waals surface area contributed by atoms with Crippen LogP contribution in [0.5, 0.6) is 23.0 Å². The van der Waals surface area contributed by atoms with Crippen LogP contribution >= 0.6 is 11.3 Å². The summed E-state index contributed by atoms with van der Waals surface area (Å²) in [6, 6.07) is 7.08. The predicted octanol–water partition coefficient (Wildman–Crippen LogP) is 3.29. The monoisotopic (exact) mass is 472 g/mol. The van der Waals surface area contributed by atoms with Crippen molar-refractivity contribution in [1.82, 2.24) is 15.8 Å². The number of methoxy groups -OCH3 is 3. The van der Waals surface area contributed by atoms with Gasteiger partial charge in [0.15, 0.2) is 11.5 Å². The highest BCUT2D eigenvalue weighted by Gasteiger charge is 2.31. The second-order valence-corrected chi connectivity index (χ2v) is 6.97. The van der Waals surface area contributed by atoms with E-state index in [0.29, 0.717) is 38.3 Å². The largest absolute Gasteiger partial charge is 0.573 e. The molecule has 0 atom stereocenters. The van der Waals surface area contributed by atoms with Crippen LogP contribution in [0.4, 0.5) is 24.0 Å². The van der Waals surface area contributed by atoms with Crippen molar-refractivity contribution in [3.8, 4) is 23.0 Å². The van der Waals surface area contributed by atoms with E-state index in [2.05, 4.69) is 31.0 Å². The predicted molar refractivity (Wildman–Crippen MR) is 114 cm³/mol. The molecule has 14 heteroatoms. The van der Waals surface area contributed by atoms with Gasteiger partial charge in [0.2, 0.25) is 16.8 Å². The van der Waals surface area contributed by atoms with Crippen molar-refractivity contribution in [2.24, 2.45) is 10.8 Å². The maximum absolute atomic E-state index is 12.4. The third-order valence-electron chi connectivity index (χ3n) is 3.91. The highest BCUT2D eigenvalue weighted by molar-refractivity contribution is 7.22. The summed E-state index contributed by atoms with van der Waals surface area (Å²) in [7, 11) is 4.44. The molecule has 0 radical (unpaired) electrons. The molecule has 0 amide bonds. The minimum Gasteiger partial charge on any atom is -0.493 e. The molecular weight excluding hydrogens is 453 g/mol. The average Bonchev–Trinajstić information content (AvgIpc) is 3.16. The zero-order valence-corrected chi connectivity index (χ0v) is 17.9. The number of fused-ring (bicyclic) bond motifs is 1. The zero-order chi connectivity index (χ0) is 23.3. The molecule has 5 N–H and O–H groups in total. The van der Waals surface area contributed by atoms with Crippen molar-refractivity contribution in [1.29, 1.82) is 0 Å². The van der Waals surface area contributed by atoms with Crippen molar-refractivity contribution in [3.05, 3.63) is 30.3 Å². The van der Waals surface area contributed by atoms with E-state index in [-0.39, 0.29) is 11.7 Å². The summed E-state index contributed by atoms with van der Waals surface area (Å²) in [4.78, 5) is 8.59. The van der Waals surface area contributed by atoms with Crippen LogP contribution < -0.4 is 41.1 Å². The fraction of sp³-hybridized carbons (Fsp3) is 0.222. The highest BCUT2D eigenvalue weighted by atomic mass is 32.1. The number of ether oxygens (including phenoxy) is 4. The number of hydrogen-bond acceptors (Lipinski definition) is 9. The molecule has 2 aromatic carbocycles. The molecule has 0 aliphatic rings. The fourth-order valence-electron chi connectivity index (χ4n) is 2.63. The molecule has 1 heterocycles. The Hall–Kier alpha value is -3.65. The molecule has 3 rings (SSSR count). The third kappa shape index (κ3) is 5.53. The lowest BCUT2D eigenvalue weighted by molar-refractivity contribution is -0.274. The number of nitrogens with zero attached hydrogens (tertiary/aromatic N) is 2. The Bertz CT molecular complexity index is 1100. The molecule has 0 saturated carbocycles. The molecule has 0 saturated heterocycles. The number of alkyl halides is 3. The van der Waals surface area contributed by atoms with Crippen LogP contribution in [-0.4, -0.2) is 38.6 Å². The van der Waals surface area contributed by atoms with E-state index in [4.69, 9.17) is 20.1 Å². The normalized spacial score (nSPS) is 11.8. The van der Waals surface area contributed by atoms with Crippen molar-refractivity contribution in [2.45, 2.75) is 6.36 Å². The average molecular weight is 472 g/mol. The minimum absolute atomic E-state index is 0.111. The molecule has 1 aromatic heterocycles. The summed E-state index contributed by atoms with van der Waals surface area (Å²) < 4.78 is 57.5. The van der Waals surface area contributed by atoms with Gasteiger partial charge in [0.1, 0.15) is 5.75 Å². The van der Waals surface area contributed by atoms with Gasteiger partial charge in [-0.2, -0.15) is 0 Å². The summed E-state index contributed by atoms with van der Waals surface area (Å²) in [6.45, 7) is 0. The van der Waals surface area contributed by atoms with E-state index in [1.807, 2.05) is 0 Å². The molecule has 0 aliphatic heterocycles. The first-order valence-electron chi connectivity index (χ1n) is 8.80. The maximum Gasteiger partial charge on any atom is 0.573 e. The van der Waals surface area contributed by atoms with Gasteiger partial charge in [-0.25, -0.2) is 15.8 Å². The van der Waals surface area contributed by atoms with Crippen LogP contribution in [-0.2, 0) is 0 Å². The second-order valence-electron chi connectivity index (χ2n) is 5.93. The van der Waals surface area contributed by atoms with Crippen LogP contribution in [0.2, 0.25) is 0 Å². The number of nitrogens with two attached hydrogens (primary N) is 1. The van der Waals surface area contributed by atoms with Crippen LogP contribution in [0.3, 0.4) is 0 Å². The molecule has 3 aromatic rings. The van der Waals surface area contributed by atoms with E-state index >= 15 is 0 Å². The van der Waals surface area contributed by atoms with E-state index in [1.165, 1.54) is 39.5 Å². The summed E-state index contributed by atoms with van der Waals surface area (Å²) in [5.41, 5.74) is 8.83. The van der Waals surface area contributed by atoms with E-state index in [1.54, 1.807) is 12.1 Å². The number of thiazole rings is 1. The summed E-state index contributed by atoms with van der Waals surface area (Å²) in [6.07, 6.45) is -4.77. The zero-order valence-electron chi connectivity index (χ0n) is 17.0. The Morgan fingerprint density at radius 2 is 1.75 bits per heavy atom. The number of benzene rings is 2. The van der Waals surface area contributed by atoms with Gasteiger partial charge in [-0.3, -0.25) is 16.3 Å². The molecule has 32 heavy (non-hydrogen) atoms. The number of aliphatic imine (C=N–C) groups is 1. The first-order chi connectivity index (χ1) is 15.3. The van der Waals surface area contributed by atoms with Crippen LogP contribution in [0.15, 0.2) is 35.3 Å². The maximum atomic E-state index is 12.4.